The molecule has 0 saturated carbocycles. The number of H-pyrrole nitrogens is 1. The molecule has 3 rings (SSSR count). The van der Waals surface area contributed by atoms with Crippen molar-refractivity contribution in [1.29, 1.82) is 0 Å². The number of hydrogen-bond donors (Lipinski definition) is 4. The van der Waals surface area contributed by atoms with E-state index < -0.39 is 42.3 Å². The first-order chi connectivity index (χ1) is 17.8. The average molecular weight is 519 g/mol. The number of aromatic amines is 1. The number of carbonyl (C=O) groups excluding carboxylic acids is 2. The molecule has 0 spiro atoms. The lowest BCUT2D eigenvalue weighted by Crippen LogP contribution is -2.57. The predicted octanol–water partition coefficient (Wildman–Crippen LogP) is 2.24. The van der Waals surface area contributed by atoms with Crippen molar-refractivity contribution in [3.05, 3.63) is 52.1 Å². The smallest absolute Gasteiger partial charge is 0.348 e. The van der Waals surface area contributed by atoms with Crippen LogP contribution in [0.15, 0.2) is 35.1 Å². The van der Waals surface area contributed by atoms with E-state index in [1.165, 1.54) is 0 Å². The summed E-state index contributed by atoms with van der Waals surface area (Å²) in [6, 6.07) is 8.54. The molecule has 37 heavy (non-hydrogen) atoms. The third-order valence-corrected chi connectivity index (χ3v) is 6.30. The summed E-state index contributed by atoms with van der Waals surface area (Å²) >= 11 is 0. The fraction of sp³-hybridized carbons (Fsp3) is 0.577. The molecule has 11 heteroatoms. The van der Waals surface area contributed by atoms with Gasteiger partial charge in [0.2, 0.25) is 11.8 Å². The summed E-state index contributed by atoms with van der Waals surface area (Å²) < 4.78 is 6.25. The second-order valence-electron chi connectivity index (χ2n) is 9.65. The number of amides is 2. The zero-order chi connectivity index (χ0) is 26.8. The van der Waals surface area contributed by atoms with Crippen LogP contribution in [-0.2, 0) is 32.2 Å². The molecule has 0 aliphatic carbocycles. The maximum Gasteiger partial charge on any atom is 0.348 e. The molecular formula is C26H38N4O7. The van der Waals surface area contributed by atoms with Crippen LogP contribution >= 0.6 is 0 Å². The molecule has 1 aromatic carbocycles. The zero-order valence-electron chi connectivity index (χ0n) is 21.5. The number of aromatic hydroxyl groups is 1. The summed E-state index contributed by atoms with van der Waals surface area (Å²) in [4.78, 5) is 47.5. The number of aryl methyl sites for hydroxylation is 1. The van der Waals surface area contributed by atoms with Gasteiger partial charge in [-0.25, -0.2) is 20.1 Å². The predicted molar refractivity (Wildman–Crippen MR) is 136 cm³/mol. The van der Waals surface area contributed by atoms with Crippen LogP contribution in [0.2, 0.25) is 0 Å². The molecule has 0 bridgehead atoms. The fourth-order valence-electron chi connectivity index (χ4n) is 4.23. The summed E-state index contributed by atoms with van der Waals surface area (Å²) in [5.74, 6) is -1.57. The van der Waals surface area contributed by atoms with Gasteiger partial charge in [0.25, 0.3) is 5.91 Å². The number of aliphatic hydroxyl groups excluding tert-OH is 1. The van der Waals surface area contributed by atoms with Crippen LogP contribution in [0.25, 0.3) is 0 Å². The second kappa shape index (κ2) is 14.0. The summed E-state index contributed by atoms with van der Waals surface area (Å²) in [6.45, 7) is 3.81. The Hall–Kier alpha value is -3.15. The molecule has 4 N–H and O–H groups in total. The van der Waals surface area contributed by atoms with E-state index in [0.717, 1.165) is 28.1 Å². The van der Waals surface area contributed by atoms with Crippen molar-refractivity contribution in [2.75, 3.05) is 11.6 Å². The maximum atomic E-state index is 13.5. The van der Waals surface area contributed by atoms with Crippen LogP contribution in [0.4, 0.5) is 0 Å². The monoisotopic (exact) mass is 518 g/mol. The molecule has 11 nitrogen and oxygen atoms in total. The summed E-state index contributed by atoms with van der Waals surface area (Å²) in [6.07, 6.45) is 3.75. The lowest BCUT2D eigenvalue weighted by Gasteiger charge is -2.32. The van der Waals surface area contributed by atoms with Gasteiger partial charge in [-0.1, -0.05) is 44.2 Å². The molecular weight excluding hydrogens is 480 g/mol. The van der Waals surface area contributed by atoms with Crippen LogP contribution in [0.5, 0.6) is 5.88 Å². The van der Waals surface area contributed by atoms with E-state index in [2.05, 4.69) is 10.5 Å². The van der Waals surface area contributed by atoms with Crippen molar-refractivity contribution in [1.82, 2.24) is 15.1 Å². The van der Waals surface area contributed by atoms with Crippen LogP contribution in [0, 0.1) is 5.92 Å². The lowest BCUT2D eigenvalue weighted by atomic mass is 10.0. The Morgan fingerprint density at radius 3 is 2.62 bits per heavy atom. The van der Waals surface area contributed by atoms with Gasteiger partial charge in [0, 0.05) is 19.4 Å². The Kier molecular flexibility index (Phi) is 10.7. The van der Waals surface area contributed by atoms with Gasteiger partial charge < -0.3 is 19.9 Å². The number of imidazole rings is 1. The van der Waals surface area contributed by atoms with E-state index in [-0.39, 0.29) is 24.5 Å². The van der Waals surface area contributed by atoms with Gasteiger partial charge in [-0.05, 0) is 50.0 Å². The molecule has 2 atom stereocenters. The molecule has 1 aromatic heterocycles. The van der Waals surface area contributed by atoms with Crippen molar-refractivity contribution in [3.8, 4) is 5.88 Å². The molecule has 2 amide bonds. The minimum atomic E-state index is -1.17. The number of aromatic nitrogens is 2. The molecule has 1 aliphatic heterocycles. The van der Waals surface area contributed by atoms with Crippen molar-refractivity contribution in [2.45, 2.75) is 84.2 Å². The first-order valence-electron chi connectivity index (χ1n) is 12.9. The number of rotatable bonds is 13. The Balaban J connectivity index is 1.90. The Bertz CT molecular complexity index is 1060. The Morgan fingerprint density at radius 1 is 1.24 bits per heavy atom. The quantitative estimate of drug-likeness (QED) is 0.298. The van der Waals surface area contributed by atoms with Gasteiger partial charge in [0.15, 0.2) is 6.29 Å². The highest BCUT2D eigenvalue weighted by Crippen LogP contribution is 2.20. The number of nitrogens with one attached hydrogen (secondary N) is 2. The lowest BCUT2D eigenvalue weighted by molar-refractivity contribution is -0.201. The average Bonchev–Trinajstić information content (AvgIpc) is 3.19. The minimum absolute atomic E-state index is 0.0538. The molecule has 2 heterocycles. The van der Waals surface area contributed by atoms with Crippen LogP contribution < -0.4 is 16.2 Å². The molecule has 2 aromatic rings. The third-order valence-electron chi connectivity index (χ3n) is 6.30. The minimum Gasteiger partial charge on any atom is -0.492 e. The van der Waals surface area contributed by atoms with Crippen molar-refractivity contribution in [3.63, 3.8) is 0 Å². The number of hydrogen-bond acceptors (Lipinski definition) is 7. The molecule has 1 saturated heterocycles. The first kappa shape index (κ1) is 28.4. The standard InChI is InChI=1S/C26H38N4O7/c1-18(2)14-15-22(32)29(30-25(34)20(17-31)27-26(30)35)21(12-8-11-19-9-4-3-5-10-19)24(33)28-37-23-13-6-7-16-36-23/h3-5,9-10,18,21,23,31,34H,6-8,11-17H2,1-2H3,(H,27,35)(H,28,33)/t21-,23+/m0/s1. The molecule has 1 fully saturated rings. The van der Waals surface area contributed by atoms with Crippen LogP contribution in [0.1, 0.15) is 70.1 Å². The largest absolute Gasteiger partial charge is 0.492 e. The molecule has 0 radical (unpaired) electrons. The van der Waals surface area contributed by atoms with E-state index in [4.69, 9.17) is 9.57 Å². The summed E-state index contributed by atoms with van der Waals surface area (Å²) in [7, 11) is 0. The van der Waals surface area contributed by atoms with E-state index in [1.807, 2.05) is 44.2 Å². The number of nitrogens with zero attached hydrogens (tertiary/aromatic N) is 2. The topological polar surface area (TPSA) is 146 Å². The number of aliphatic hydroxyl groups is 1. The third kappa shape index (κ3) is 7.91. The van der Waals surface area contributed by atoms with Crippen LogP contribution in [0.3, 0.4) is 0 Å². The van der Waals surface area contributed by atoms with Gasteiger partial charge >= 0.3 is 5.69 Å². The number of benzene rings is 1. The van der Waals surface area contributed by atoms with Gasteiger partial charge in [0.05, 0.1) is 6.61 Å². The zero-order valence-corrected chi connectivity index (χ0v) is 21.5. The molecule has 204 valence electrons. The van der Waals surface area contributed by atoms with Crippen molar-refractivity contribution < 1.29 is 29.4 Å². The van der Waals surface area contributed by atoms with E-state index >= 15 is 0 Å². The van der Waals surface area contributed by atoms with Crippen molar-refractivity contribution >= 4 is 11.8 Å². The Morgan fingerprint density at radius 2 is 2.00 bits per heavy atom. The van der Waals surface area contributed by atoms with E-state index in [9.17, 15) is 24.6 Å². The highest BCUT2D eigenvalue weighted by Gasteiger charge is 2.35. The van der Waals surface area contributed by atoms with E-state index in [0.29, 0.717) is 32.3 Å². The molecule has 0 unspecified atom stereocenters. The van der Waals surface area contributed by atoms with Gasteiger partial charge in [-0.3, -0.25) is 9.59 Å². The summed E-state index contributed by atoms with van der Waals surface area (Å²) in [5.41, 5.74) is 2.49. The summed E-state index contributed by atoms with van der Waals surface area (Å²) in [5, 5.41) is 21.2. The fourth-order valence-corrected chi connectivity index (χ4v) is 4.23. The normalized spacial score (nSPS) is 16.5. The van der Waals surface area contributed by atoms with Crippen LogP contribution in [-0.4, -0.2) is 50.6 Å². The van der Waals surface area contributed by atoms with Gasteiger partial charge in [-0.2, -0.15) is 4.68 Å². The van der Waals surface area contributed by atoms with Gasteiger partial charge in [-0.15, -0.1) is 0 Å². The Labute approximate surface area is 216 Å². The number of carbonyl (C=O) groups is 2. The molecule has 1 aliphatic rings. The number of hydroxylamine groups is 1. The maximum absolute atomic E-state index is 13.5. The van der Waals surface area contributed by atoms with Crippen molar-refractivity contribution in [2.24, 2.45) is 5.92 Å². The first-order valence-corrected chi connectivity index (χ1v) is 12.9. The van der Waals surface area contributed by atoms with E-state index in [1.54, 1.807) is 0 Å². The number of ether oxygens (including phenoxy) is 1. The SMILES string of the molecule is CC(C)CCC(=O)N([C@@H](CCCc1ccccc1)C(=O)NO[C@@H]1CCCCO1)n1c(O)c(CO)[nH]c1=O. The highest BCUT2D eigenvalue weighted by atomic mass is 16.8. The highest BCUT2D eigenvalue weighted by molar-refractivity contribution is 5.95. The second-order valence-corrected chi connectivity index (χ2v) is 9.65. The van der Waals surface area contributed by atoms with Gasteiger partial charge in [0.1, 0.15) is 11.7 Å².